The molecule has 2 rings (SSSR count). The van der Waals surface area contributed by atoms with Gasteiger partial charge >= 0.3 is 0 Å². The summed E-state index contributed by atoms with van der Waals surface area (Å²) in [7, 11) is 0. The Bertz CT molecular complexity index is 378. The summed E-state index contributed by atoms with van der Waals surface area (Å²) >= 11 is 0. The fraction of sp³-hybridized carbons (Fsp3) is 0.571. The molecule has 0 saturated heterocycles. The minimum absolute atomic E-state index is 0.121. The van der Waals surface area contributed by atoms with Crippen molar-refractivity contribution >= 4 is 0 Å². The van der Waals surface area contributed by atoms with E-state index < -0.39 is 0 Å². The highest BCUT2D eigenvalue weighted by Crippen LogP contribution is 2.37. The number of hydrogen-bond acceptors (Lipinski definition) is 3. The molecule has 0 aromatic heterocycles. The van der Waals surface area contributed by atoms with Gasteiger partial charge in [-0.25, -0.2) is 0 Å². The minimum Gasteiger partial charge on any atom is -0.395 e. The molecule has 1 aromatic carbocycles. The molecule has 3 nitrogen and oxygen atoms in total. The fourth-order valence-electron chi connectivity index (χ4n) is 2.55. The van der Waals surface area contributed by atoms with E-state index in [4.69, 9.17) is 5.73 Å². The van der Waals surface area contributed by atoms with Gasteiger partial charge in [0.25, 0.3) is 0 Å². The van der Waals surface area contributed by atoms with Crippen LogP contribution in [0.1, 0.15) is 43.5 Å². The molecule has 3 heteroatoms. The maximum absolute atomic E-state index is 9.38. The SMILES string of the molecule is CC(C)C(CO)NC1CC(N)c2ccccc21. The Morgan fingerprint density at radius 1 is 1.35 bits per heavy atom. The summed E-state index contributed by atoms with van der Waals surface area (Å²) in [4.78, 5) is 0. The smallest absolute Gasteiger partial charge is 0.0587 e. The number of aliphatic hydroxyl groups excluding tert-OH is 1. The number of hydrogen-bond donors (Lipinski definition) is 3. The molecule has 1 aliphatic rings. The van der Waals surface area contributed by atoms with Gasteiger partial charge in [0.1, 0.15) is 0 Å². The lowest BCUT2D eigenvalue weighted by Crippen LogP contribution is -2.39. The van der Waals surface area contributed by atoms with Gasteiger partial charge < -0.3 is 16.2 Å². The molecule has 0 saturated carbocycles. The second-order valence-electron chi connectivity index (χ2n) is 5.22. The third-order valence-electron chi connectivity index (χ3n) is 3.68. The number of fused-ring (bicyclic) bond motifs is 1. The summed E-state index contributed by atoms with van der Waals surface area (Å²) in [6.07, 6.45) is 0.919. The molecule has 3 atom stereocenters. The molecule has 4 N–H and O–H groups in total. The first-order chi connectivity index (χ1) is 8.13. The van der Waals surface area contributed by atoms with Crippen LogP contribution in [0.3, 0.4) is 0 Å². The minimum atomic E-state index is 0.121. The molecule has 3 unspecified atom stereocenters. The zero-order chi connectivity index (χ0) is 12.4. The first-order valence-corrected chi connectivity index (χ1v) is 6.34. The van der Waals surface area contributed by atoms with Crippen LogP contribution in [0.15, 0.2) is 24.3 Å². The molecule has 17 heavy (non-hydrogen) atoms. The lowest BCUT2D eigenvalue weighted by molar-refractivity contribution is 0.198. The summed E-state index contributed by atoms with van der Waals surface area (Å²) in [5.41, 5.74) is 8.66. The molecule has 1 aliphatic carbocycles. The van der Waals surface area contributed by atoms with Gasteiger partial charge in [0.05, 0.1) is 6.61 Å². The number of rotatable bonds is 4. The largest absolute Gasteiger partial charge is 0.395 e. The van der Waals surface area contributed by atoms with Gasteiger partial charge in [0.2, 0.25) is 0 Å². The zero-order valence-corrected chi connectivity index (χ0v) is 10.6. The monoisotopic (exact) mass is 234 g/mol. The Labute approximate surface area is 103 Å². The second-order valence-corrected chi connectivity index (χ2v) is 5.22. The van der Waals surface area contributed by atoms with E-state index >= 15 is 0 Å². The summed E-state index contributed by atoms with van der Waals surface area (Å²) in [5.74, 6) is 0.420. The van der Waals surface area contributed by atoms with E-state index in [-0.39, 0.29) is 24.7 Å². The van der Waals surface area contributed by atoms with E-state index in [2.05, 4.69) is 37.4 Å². The van der Waals surface area contributed by atoms with Crippen molar-refractivity contribution in [1.82, 2.24) is 5.32 Å². The van der Waals surface area contributed by atoms with Gasteiger partial charge in [-0.1, -0.05) is 38.1 Å². The summed E-state index contributed by atoms with van der Waals surface area (Å²) < 4.78 is 0. The molecule has 0 bridgehead atoms. The number of nitrogens with two attached hydrogens (primary N) is 1. The Balaban J connectivity index is 2.14. The quantitative estimate of drug-likeness (QED) is 0.743. The van der Waals surface area contributed by atoms with Gasteiger partial charge in [-0.3, -0.25) is 0 Å². The molecule has 94 valence electrons. The van der Waals surface area contributed by atoms with Crippen LogP contribution in [0.4, 0.5) is 0 Å². The van der Waals surface area contributed by atoms with Gasteiger partial charge in [-0.15, -0.1) is 0 Å². The lowest BCUT2D eigenvalue weighted by Gasteiger charge is -2.25. The van der Waals surface area contributed by atoms with E-state index in [9.17, 15) is 5.11 Å². The molecular weight excluding hydrogens is 212 g/mol. The van der Waals surface area contributed by atoms with Crippen LogP contribution in [0.25, 0.3) is 0 Å². The molecule has 1 aromatic rings. The van der Waals surface area contributed by atoms with E-state index in [0.29, 0.717) is 5.92 Å². The van der Waals surface area contributed by atoms with Gasteiger partial charge in [-0.2, -0.15) is 0 Å². The van der Waals surface area contributed by atoms with Crippen molar-refractivity contribution in [2.45, 2.75) is 38.4 Å². The average Bonchev–Trinajstić information content (AvgIpc) is 2.63. The van der Waals surface area contributed by atoms with Crippen molar-refractivity contribution in [2.24, 2.45) is 11.7 Å². The third kappa shape index (κ3) is 2.51. The standard InChI is InChI=1S/C14H22N2O/c1-9(2)14(8-17)16-13-7-12(15)10-5-3-4-6-11(10)13/h3-6,9,12-14,16-17H,7-8,15H2,1-2H3. The van der Waals surface area contributed by atoms with E-state index in [1.165, 1.54) is 11.1 Å². The van der Waals surface area contributed by atoms with Crippen LogP contribution in [0, 0.1) is 5.92 Å². The van der Waals surface area contributed by atoms with Crippen molar-refractivity contribution in [3.63, 3.8) is 0 Å². The van der Waals surface area contributed by atoms with Crippen molar-refractivity contribution in [1.29, 1.82) is 0 Å². The van der Waals surface area contributed by atoms with Crippen LogP contribution in [-0.2, 0) is 0 Å². The second kappa shape index (κ2) is 5.17. The molecule has 0 fully saturated rings. The fourth-order valence-corrected chi connectivity index (χ4v) is 2.55. The first-order valence-electron chi connectivity index (χ1n) is 6.34. The van der Waals surface area contributed by atoms with Crippen molar-refractivity contribution in [3.05, 3.63) is 35.4 Å². The Morgan fingerprint density at radius 3 is 2.59 bits per heavy atom. The van der Waals surface area contributed by atoms with Gasteiger partial charge in [0, 0.05) is 18.1 Å². The first kappa shape index (κ1) is 12.6. The molecule has 0 amide bonds. The van der Waals surface area contributed by atoms with Gasteiger partial charge in [0.15, 0.2) is 0 Å². The van der Waals surface area contributed by atoms with Crippen LogP contribution >= 0.6 is 0 Å². The summed E-state index contributed by atoms with van der Waals surface area (Å²) in [5, 5.41) is 12.9. The number of aliphatic hydroxyl groups is 1. The maximum atomic E-state index is 9.38. The molecule has 0 heterocycles. The lowest BCUT2D eigenvalue weighted by atomic mass is 10.0. The van der Waals surface area contributed by atoms with Crippen LogP contribution < -0.4 is 11.1 Å². The molecular formula is C14H22N2O. The molecule has 0 radical (unpaired) electrons. The Morgan fingerprint density at radius 2 is 2.00 bits per heavy atom. The van der Waals surface area contributed by atoms with Crippen molar-refractivity contribution in [2.75, 3.05) is 6.61 Å². The van der Waals surface area contributed by atoms with E-state index in [1.54, 1.807) is 0 Å². The normalized spacial score (nSPS) is 25.0. The van der Waals surface area contributed by atoms with Crippen molar-refractivity contribution < 1.29 is 5.11 Å². The maximum Gasteiger partial charge on any atom is 0.0587 e. The Kier molecular flexibility index (Phi) is 3.82. The van der Waals surface area contributed by atoms with Crippen molar-refractivity contribution in [3.8, 4) is 0 Å². The zero-order valence-electron chi connectivity index (χ0n) is 10.6. The van der Waals surface area contributed by atoms with Gasteiger partial charge in [-0.05, 0) is 23.5 Å². The van der Waals surface area contributed by atoms with E-state index in [0.717, 1.165) is 6.42 Å². The topological polar surface area (TPSA) is 58.3 Å². The number of nitrogens with one attached hydrogen (secondary N) is 1. The molecule has 0 aliphatic heterocycles. The highest BCUT2D eigenvalue weighted by molar-refractivity contribution is 5.37. The van der Waals surface area contributed by atoms with Crippen LogP contribution in [-0.4, -0.2) is 17.8 Å². The highest BCUT2D eigenvalue weighted by atomic mass is 16.3. The average molecular weight is 234 g/mol. The number of benzene rings is 1. The predicted molar refractivity (Wildman–Crippen MR) is 69.6 cm³/mol. The Hall–Kier alpha value is -0.900. The third-order valence-corrected chi connectivity index (χ3v) is 3.68. The summed E-state index contributed by atoms with van der Waals surface area (Å²) in [6, 6.07) is 8.86. The van der Waals surface area contributed by atoms with E-state index in [1.807, 2.05) is 6.07 Å². The highest BCUT2D eigenvalue weighted by Gasteiger charge is 2.29. The molecule has 0 spiro atoms. The predicted octanol–water partition coefficient (Wildman–Crippen LogP) is 1.74. The van der Waals surface area contributed by atoms with Crippen LogP contribution in [0.2, 0.25) is 0 Å². The summed E-state index contributed by atoms with van der Waals surface area (Å²) in [6.45, 7) is 4.41. The van der Waals surface area contributed by atoms with Crippen LogP contribution in [0.5, 0.6) is 0 Å².